The van der Waals surface area contributed by atoms with E-state index in [0.29, 0.717) is 24.0 Å². The summed E-state index contributed by atoms with van der Waals surface area (Å²) in [7, 11) is 0. The van der Waals surface area contributed by atoms with Gasteiger partial charge in [-0.1, -0.05) is 25.3 Å². The monoisotopic (exact) mass is 482 g/mol. The summed E-state index contributed by atoms with van der Waals surface area (Å²) in [5.41, 5.74) is 1.02. The minimum atomic E-state index is -2.62. The Balaban J connectivity index is 1.67. The topological polar surface area (TPSA) is 188 Å². The molecular formula is C25H26N2O8. The number of allylic oxidation sites excluding steroid dienone is 2. The van der Waals surface area contributed by atoms with Crippen LogP contribution in [0.4, 0.5) is 0 Å². The molecule has 3 atom stereocenters. The second kappa shape index (κ2) is 7.82. The van der Waals surface area contributed by atoms with Gasteiger partial charge in [0.2, 0.25) is 5.78 Å². The Hall–Kier alpha value is -3.37. The number of nitroso groups, excluding NO2 is 1. The number of phenols is 1. The highest BCUT2D eigenvalue weighted by atomic mass is 16.3. The standard InChI is InChI=1S/C25H26N2O8/c26-23(32)19-15(27-35)10-12-8-11-9-13-14(24(33)6-2-1-3-7-24)4-5-16(28)18(13)20(29)17(11)21(30)25(12,34)22(19)31/h4-5,11-12,28,30,33-34H,1-3,6-10H2,(H2,26,32)/t11-,12+,25+/m1/s1. The van der Waals surface area contributed by atoms with Crippen LogP contribution < -0.4 is 5.73 Å². The summed E-state index contributed by atoms with van der Waals surface area (Å²) in [6.07, 6.45) is 3.59. The summed E-state index contributed by atoms with van der Waals surface area (Å²) in [5.74, 6) is -6.19. The van der Waals surface area contributed by atoms with Crippen molar-refractivity contribution in [1.29, 1.82) is 0 Å². The maximum atomic E-state index is 13.6. The van der Waals surface area contributed by atoms with E-state index in [-0.39, 0.29) is 36.1 Å². The molecular weight excluding hydrogens is 456 g/mol. The molecule has 0 heterocycles. The molecule has 0 radical (unpaired) electrons. The first kappa shape index (κ1) is 23.4. The number of nitrogens with zero attached hydrogens (tertiary/aromatic N) is 1. The Kier molecular flexibility index (Phi) is 5.22. The van der Waals surface area contributed by atoms with Crippen molar-refractivity contribution < 1.29 is 34.8 Å². The van der Waals surface area contributed by atoms with E-state index >= 15 is 0 Å². The summed E-state index contributed by atoms with van der Waals surface area (Å²) in [6.45, 7) is 0. The van der Waals surface area contributed by atoms with Crippen LogP contribution in [0.2, 0.25) is 0 Å². The summed E-state index contributed by atoms with van der Waals surface area (Å²) in [5, 5.41) is 47.2. The molecule has 1 saturated carbocycles. The molecule has 10 nitrogen and oxygen atoms in total. The number of amides is 1. The van der Waals surface area contributed by atoms with Gasteiger partial charge in [-0.25, -0.2) is 0 Å². The first-order valence-corrected chi connectivity index (χ1v) is 11.7. The van der Waals surface area contributed by atoms with Gasteiger partial charge in [0, 0.05) is 17.9 Å². The molecule has 1 aromatic rings. The number of hydrogen-bond donors (Lipinski definition) is 5. The maximum absolute atomic E-state index is 13.6. The SMILES string of the molecule is NC(=O)C1=C(N=O)C[C@@H]2C[C@@H]3Cc4c(C5(O)CCCCC5)ccc(O)c4C(=O)C3=C(O)[C@]2(O)C1=O. The van der Waals surface area contributed by atoms with Gasteiger partial charge in [-0.3, -0.25) is 14.4 Å². The molecule has 4 aliphatic rings. The zero-order valence-corrected chi connectivity index (χ0v) is 18.9. The number of primary amides is 1. The zero-order chi connectivity index (χ0) is 25.3. The molecule has 0 aliphatic heterocycles. The predicted octanol–water partition coefficient (Wildman–Crippen LogP) is 1.94. The van der Waals surface area contributed by atoms with Crippen LogP contribution in [-0.2, 0) is 21.6 Å². The third kappa shape index (κ3) is 3.13. The molecule has 0 aromatic heterocycles. The molecule has 0 saturated heterocycles. The van der Waals surface area contributed by atoms with Crippen LogP contribution in [0.3, 0.4) is 0 Å². The maximum Gasteiger partial charge on any atom is 0.254 e. The molecule has 6 N–H and O–H groups in total. The Bertz CT molecular complexity index is 1260. The van der Waals surface area contributed by atoms with Crippen LogP contribution >= 0.6 is 0 Å². The third-order valence-electron chi connectivity index (χ3n) is 8.24. The minimum absolute atomic E-state index is 0.0331. The molecule has 10 heteroatoms. The molecule has 1 amide bonds. The van der Waals surface area contributed by atoms with Crippen LogP contribution in [0.1, 0.15) is 66.4 Å². The van der Waals surface area contributed by atoms with E-state index in [1.807, 2.05) is 0 Å². The van der Waals surface area contributed by atoms with Crippen molar-refractivity contribution in [2.75, 3.05) is 0 Å². The van der Waals surface area contributed by atoms with Crippen molar-refractivity contribution in [3.8, 4) is 5.75 Å². The lowest BCUT2D eigenvalue weighted by atomic mass is 9.59. The van der Waals surface area contributed by atoms with E-state index in [1.165, 1.54) is 6.07 Å². The molecule has 1 aromatic carbocycles. The van der Waals surface area contributed by atoms with Crippen LogP contribution in [0.5, 0.6) is 5.75 Å². The quantitative estimate of drug-likeness (QED) is 0.319. The molecule has 0 bridgehead atoms. The Morgan fingerprint density at radius 2 is 1.74 bits per heavy atom. The van der Waals surface area contributed by atoms with Crippen LogP contribution in [0.25, 0.3) is 0 Å². The van der Waals surface area contributed by atoms with Gasteiger partial charge in [0.15, 0.2) is 11.4 Å². The highest BCUT2D eigenvalue weighted by Gasteiger charge is 2.60. The third-order valence-corrected chi connectivity index (χ3v) is 8.24. The number of phenolic OH excluding ortho intramolecular Hbond substituents is 1. The van der Waals surface area contributed by atoms with Crippen LogP contribution in [-0.4, -0.2) is 43.5 Å². The van der Waals surface area contributed by atoms with E-state index in [2.05, 4.69) is 5.18 Å². The second-order valence-corrected chi connectivity index (χ2v) is 10.1. The van der Waals surface area contributed by atoms with Crippen molar-refractivity contribution in [3.05, 3.63) is 56.3 Å². The van der Waals surface area contributed by atoms with Gasteiger partial charge in [0.1, 0.15) is 22.8 Å². The second-order valence-electron chi connectivity index (χ2n) is 10.1. The van der Waals surface area contributed by atoms with E-state index in [4.69, 9.17) is 5.73 Å². The zero-order valence-electron chi connectivity index (χ0n) is 18.9. The fourth-order valence-electron chi connectivity index (χ4n) is 6.54. The number of rotatable bonds is 3. The van der Waals surface area contributed by atoms with Gasteiger partial charge < -0.3 is 26.2 Å². The molecule has 35 heavy (non-hydrogen) atoms. The Morgan fingerprint density at radius 3 is 2.37 bits per heavy atom. The summed E-state index contributed by atoms with van der Waals surface area (Å²) < 4.78 is 0. The lowest BCUT2D eigenvalue weighted by Gasteiger charge is -2.46. The number of aromatic hydroxyl groups is 1. The first-order valence-electron chi connectivity index (χ1n) is 11.7. The van der Waals surface area contributed by atoms with E-state index in [0.717, 1.165) is 19.3 Å². The molecule has 4 aliphatic carbocycles. The van der Waals surface area contributed by atoms with E-state index < -0.39 is 57.5 Å². The highest BCUT2D eigenvalue weighted by Crippen LogP contribution is 2.53. The number of carbonyl (C=O) groups excluding carboxylic acids is 3. The van der Waals surface area contributed by atoms with Gasteiger partial charge in [-0.05, 0) is 54.0 Å². The molecule has 184 valence electrons. The molecule has 1 fully saturated rings. The molecule has 0 spiro atoms. The average Bonchev–Trinajstić information content (AvgIpc) is 2.81. The Morgan fingerprint density at radius 1 is 1.06 bits per heavy atom. The van der Waals surface area contributed by atoms with Crippen LogP contribution in [0.15, 0.2) is 39.9 Å². The van der Waals surface area contributed by atoms with E-state index in [1.54, 1.807) is 6.07 Å². The fraction of sp³-hybridized carbons (Fsp3) is 0.480. The number of aliphatic hydroxyl groups excluding tert-OH is 1. The Labute approximate surface area is 200 Å². The van der Waals surface area contributed by atoms with Gasteiger partial charge in [-0.15, -0.1) is 4.91 Å². The van der Waals surface area contributed by atoms with Crippen LogP contribution in [0, 0.1) is 16.7 Å². The molecule has 0 unspecified atom stereocenters. The predicted molar refractivity (Wildman–Crippen MR) is 121 cm³/mol. The number of carbonyl (C=O) groups is 3. The van der Waals surface area contributed by atoms with Crippen molar-refractivity contribution in [1.82, 2.24) is 0 Å². The molecule has 5 rings (SSSR count). The van der Waals surface area contributed by atoms with Gasteiger partial charge >= 0.3 is 0 Å². The average molecular weight is 482 g/mol. The normalized spacial score (nSPS) is 29.9. The van der Waals surface area contributed by atoms with Gasteiger partial charge in [0.05, 0.1) is 11.2 Å². The summed E-state index contributed by atoms with van der Waals surface area (Å²) >= 11 is 0. The van der Waals surface area contributed by atoms with Gasteiger partial charge in [-0.2, -0.15) is 0 Å². The fourth-order valence-corrected chi connectivity index (χ4v) is 6.54. The van der Waals surface area contributed by atoms with Crippen molar-refractivity contribution in [2.24, 2.45) is 22.7 Å². The summed E-state index contributed by atoms with van der Waals surface area (Å²) in [4.78, 5) is 49.9. The number of hydrogen-bond acceptors (Lipinski definition) is 9. The lowest BCUT2D eigenvalue weighted by Crippen LogP contribution is -2.57. The number of fused-ring (bicyclic) bond motifs is 3. The van der Waals surface area contributed by atoms with Crippen molar-refractivity contribution in [2.45, 2.75) is 62.6 Å². The smallest absolute Gasteiger partial charge is 0.254 e. The largest absolute Gasteiger partial charge is 0.508 e. The van der Waals surface area contributed by atoms with E-state index in [9.17, 15) is 39.7 Å². The van der Waals surface area contributed by atoms with Crippen molar-refractivity contribution in [3.63, 3.8) is 0 Å². The number of ketones is 2. The number of benzene rings is 1. The lowest BCUT2D eigenvalue weighted by molar-refractivity contribution is -0.143. The van der Waals surface area contributed by atoms with Crippen molar-refractivity contribution >= 4 is 17.5 Å². The summed E-state index contributed by atoms with van der Waals surface area (Å²) in [6, 6.07) is 2.96. The highest BCUT2D eigenvalue weighted by molar-refractivity contribution is 6.24. The number of nitrogens with two attached hydrogens (primary N) is 1. The first-order chi connectivity index (χ1) is 16.5. The number of Topliss-reactive ketones (excluding diaryl/α,β-unsaturated/α-hetero) is 2. The minimum Gasteiger partial charge on any atom is -0.508 e. The number of aliphatic hydroxyl groups is 3. The van der Waals surface area contributed by atoms with Gasteiger partial charge in [0.25, 0.3) is 5.91 Å².